The van der Waals surface area contributed by atoms with Gasteiger partial charge in [0.2, 0.25) is 11.8 Å². The summed E-state index contributed by atoms with van der Waals surface area (Å²) in [6.07, 6.45) is 2.86. The lowest BCUT2D eigenvalue weighted by molar-refractivity contribution is 0.0698. The molecule has 10 heteroatoms. The second-order valence-corrected chi connectivity index (χ2v) is 7.43. The largest absolute Gasteiger partial charge is 0.481 e. The molecular formula is C22H20F2N6O2. The Morgan fingerprint density at radius 3 is 2.75 bits per heavy atom. The number of piperidine rings is 1. The molecule has 0 spiro atoms. The number of nitrogens with two attached hydrogens (primary N) is 1. The third-order valence-electron chi connectivity index (χ3n) is 5.30. The van der Waals surface area contributed by atoms with E-state index in [4.69, 9.17) is 15.7 Å². The number of nitriles is 1. The molecule has 1 aliphatic rings. The first-order valence-electron chi connectivity index (χ1n) is 9.96. The van der Waals surface area contributed by atoms with Crippen LogP contribution in [0.1, 0.15) is 28.9 Å². The predicted molar refractivity (Wildman–Crippen MR) is 111 cm³/mol. The normalized spacial score (nSPS) is 16.0. The summed E-state index contributed by atoms with van der Waals surface area (Å²) >= 11 is 0. The van der Waals surface area contributed by atoms with Crippen LogP contribution < -0.4 is 10.5 Å². The van der Waals surface area contributed by atoms with Crippen molar-refractivity contribution in [2.75, 3.05) is 20.2 Å². The van der Waals surface area contributed by atoms with Crippen molar-refractivity contribution in [1.82, 2.24) is 19.4 Å². The van der Waals surface area contributed by atoms with Crippen LogP contribution in [-0.2, 0) is 0 Å². The van der Waals surface area contributed by atoms with E-state index in [0.717, 1.165) is 17.1 Å². The molecule has 3 heterocycles. The molecule has 8 nitrogen and oxygen atoms in total. The third-order valence-corrected chi connectivity index (χ3v) is 5.30. The van der Waals surface area contributed by atoms with Crippen molar-refractivity contribution >= 4 is 5.91 Å². The molecule has 2 N–H and O–H groups in total. The van der Waals surface area contributed by atoms with Crippen LogP contribution >= 0.6 is 0 Å². The minimum absolute atomic E-state index is 0.00233. The number of nitrogens with zero attached hydrogens (tertiary/aromatic N) is 5. The average Bonchev–Trinajstić information content (AvgIpc) is 3.15. The zero-order valence-electron chi connectivity index (χ0n) is 17.3. The van der Waals surface area contributed by atoms with E-state index in [1.807, 2.05) is 0 Å². The van der Waals surface area contributed by atoms with E-state index in [-0.39, 0.29) is 28.7 Å². The Bertz CT molecular complexity index is 1200. The molecule has 1 saturated heterocycles. The van der Waals surface area contributed by atoms with Crippen molar-refractivity contribution in [3.8, 4) is 29.0 Å². The summed E-state index contributed by atoms with van der Waals surface area (Å²) in [5.74, 6) is -1.95. The monoisotopic (exact) mass is 438 g/mol. The minimum Gasteiger partial charge on any atom is -0.481 e. The van der Waals surface area contributed by atoms with E-state index in [9.17, 15) is 9.18 Å². The molecule has 2 aromatic heterocycles. The van der Waals surface area contributed by atoms with E-state index in [0.29, 0.717) is 25.4 Å². The van der Waals surface area contributed by atoms with Crippen molar-refractivity contribution in [3.05, 3.63) is 59.6 Å². The summed E-state index contributed by atoms with van der Waals surface area (Å²) in [5.41, 5.74) is 5.89. The number of methoxy groups -OCH3 is 1. The number of hydrogen-bond acceptors (Lipinski definition) is 6. The molecule has 32 heavy (non-hydrogen) atoms. The van der Waals surface area contributed by atoms with Crippen LogP contribution in [0.2, 0.25) is 0 Å². The maximum absolute atomic E-state index is 15.6. The van der Waals surface area contributed by atoms with Gasteiger partial charge in [0.05, 0.1) is 24.6 Å². The minimum atomic E-state index is -0.902. The Morgan fingerprint density at radius 1 is 1.31 bits per heavy atom. The molecule has 1 atom stereocenters. The van der Waals surface area contributed by atoms with Crippen LogP contribution in [0, 0.1) is 23.1 Å². The van der Waals surface area contributed by atoms with Gasteiger partial charge in [0.25, 0.3) is 5.91 Å². The number of carbonyl (C=O) groups excluding carboxylic acids is 1. The van der Waals surface area contributed by atoms with Crippen molar-refractivity contribution in [2.45, 2.75) is 18.9 Å². The fraction of sp³-hybridized carbons (Fsp3) is 0.273. The van der Waals surface area contributed by atoms with Gasteiger partial charge >= 0.3 is 0 Å². The predicted octanol–water partition coefficient (Wildman–Crippen LogP) is 2.66. The summed E-state index contributed by atoms with van der Waals surface area (Å²) in [5, 5.41) is 9.00. The number of ether oxygens (including phenoxy) is 1. The number of carbonyl (C=O) groups is 1. The number of hydrogen-bond donors (Lipinski definition) is 1. The molecule has 164 valence electrons. The molecule has 1 fully saturated rings. The zero-order chi connectivity index (χ0) is 22.8. The highest BCUT2D eigenvalue weighted by molar-refractivity contribution is 5.93. The van der Waals surface area contributed by atoms with Crippen molar-refractivity contribution in [3.63, 3.8) is 0 Å². The number of aromatic nitrogens is 3. The lowest BCUT2D eigenvalue weighted by Crippen LogP contribution is -2.46. The first-order valence-corrected chi connectivity index (χ1v) is 9.96. The fourth-order valence-electron chi connectivity index (χ4n) is 3.68. The van der Waals surface area contributed by atoms with E-state index in [1.165, 1.54) is 36.4 Å². The Balaban J connectivity index is 1.85. The molecule has 4 rings (SSSR count). The molecule has 1 aromatic carbocycles. The number of benzene rings is 1. The number of likely N-dealkylation sites (tertiary alicyclic amines) is 1. The van der Waals surface area contributed by atoms with Gasteiger partial charge in [0.1, 0.15) is 17.7 Å². The molecule has 3 aromatic rings. The van der Waals surface area contributed by atoms with Gasteiger partial charge in [0, 0.05) is 30.8 Å². The molecule has 0 radical (unpaired) electrons. The number of imidazole rings is 1. The van der Waals surface area contributed by atoms with Crippen LogP contribution in [0.4, 0.5) is 8.78 Å². The second kappa shape index (κ2) is 8.72. The van der Waals surface area contributed by atoms with E-state index in [2.05, 4.69) is 9.97 Å². The maximum atomic E-state index is 15.6. The van der Waals surface area contributed by atoms with Crippen molar-refractivity contribution in [2.24, 2.45) is 5.73 Å². The lowest BCUT2D eigenvalue weighted by Gasteiger charge is -2.30. The van der Waals surface area contributed by atoms with Gasteiger partial charge in [-0.25, -0.2) is 14.4 Å². The van der Waals surface area contributed by atoms with Crippen molar-refractivity contribution in [1.29, 1.82) is 5.26 Å². The van der Waals surface area contributed by atoms with Gasteiger partial charge < -0.3 is 15.4 Å². The van der Waals surface area contributed by atoms with Gasteiger partial charge in [-0.3, -0.25) is 9.36 Å². The summed E-state index contributed by atoms with van der Waals surface area (Å²) in [4.78, 5) is 22.9. The Morgan fingerprint density at radius 2 is 2.12 bits per heavy atom. The summed E-state index contributed by atoms with van der Waals surface area (Å²) < 4.78 is 36.0. The van der Waals surface area contributed by atoms with Gasteiger partial charge in [-0.05, 0) is 37.1 Å². The number of amides is 1. The van der Waals surface area contributed by atoms with Crippen LogP contribution in [0.3, 0.4) is 0 Å². The number of halogens is 2. The van der Waals surface area contributed by atoms with E-state index < -0.39 is 23.4 Å². The van der Waals surface area contributed by atoms with Gasteiger partial charge in [-0.2, -0.15) is 9.65 Å². The highest BCUT2D eigenvalue weighted by Crippen LogP contribution is 2.28. The van der Waals surface area contributed by atoms with Crippen LogP contribution in [-0.4, -0.2) is 51.6 Å². The number of pyridine rings is 1. The topological polar surface area (TPSA) is 110 Å². The molecule has 0 saturated carbocycles. The van der Waals surface area contributed by atoms with Crippen LogP contribution in [0.5, 0.6) is 5.88 Å². The summed E-state index contributed by atoms with van der Waals surface area (Å²) in [6.45, 7) is 0.750. The zero-order valence-corrected chi connectivity index (χ0v) is 17.3. The van der Waals surface area contributed by atoms with Gasteiger partial charge in [-0.1, -0.05) is 0 Å². The molecule has 1 amide bonds. The number of rotatable bonds is 4. The van der Waals surface area contributed by atoms with Gasteiger partial charge in [0.15, 0.2) is 5.69 Å². The molecular weight excluding hydrogens is 418 g/mol. The van der Waals surface area contributed by atoms with Crippen molar-refractivity contribution < 1.29 is 18.3 Å². The quantitative estimate of drug-likeness (QED) is 0.671. The first kappa shape index (κ1) is 21.4. The van der Waals surface area contributed by atoms with E-state index >= 15 is 4.39 Å². The standard InChI is InChI=1S/C22H20F2N6O2/c1-32-18-7-6-16(11-27-18)30-20(24)19(22(31)29-8-2-3-15(26)12-29)28-21(30)13-4-5-14(10-25)17(23)9-13/h4-7,9,11,15H,2-3,8,12,26H2,1H3/t15-/m0/s1. The highest BCUT2D eigenvalue weighted by atomic mass is 19.1. The fourth-order valence-corrected chi connectivity index (χ4v) is 3.68. The first-order chi connectivity index (χ1) is 15.4. The Kier molecular flexibility index (Phi) is 5.83. The molecule has 1 aliphatic heterocycles. The lowest BCUT2D eigenvalue weighted by atomic mass is 10.1. The molecule has 0 bridgehead atoms. The third kappa shape index (κ3) is 3.90. The second-order valence-electron chi connectivity index (χ2n) is 7.43. The maximum Gasteiger partial charge on any atom is 0.277 e. The highest BCUT2D eigenvalue weighted by Gasteiger charge is 2.30. The average molecular weight is 438 g/mol. The Hall–Kier alpha value is -3.84. The molecule has 0 aliphatic carbocycles. The van der Waals surface area contributed by atoms with Crippen LogP contribution in [0.15, 0.2) is 36.5 Å². The SMILES string of the molecule is COc1ccc(-n2c(-c3ccc(C#N)c(F)c3)nc(C(=O)N3CCC[C@H](N)C3)c2F)cn1. The summed E-state index contributed by atoms with van der Waals surface area (Å²) in [7, 11) is 1.45. The van der Waals surface area contributed by atoms with Gasteiger partial charge in [-0.15, -0.1) is 0 Å². The van der Waals surface area contributed by atoms with E-state index in [1.54, 1.807) is 12.1 Å². The molecule has 0 unspecified atom stereocenters. The Labute approximate surface area is 182 Å². The summed E-state index contributed by atoms with van der Waals surface area (Å²) in [6, 6.07) is 8.44. The smallest absolute Gasteiger partial charge is 0.277 e. The van der Waals surface area contributed by atoms with Crippen LogP contribution in [0.25, 0.3) is 17.1 Å².